The summed E-state index contributed by atoms with van der Waals surface area (Å²) in [5.74, 6) is 0. The van der Waals surface area contributed by atoms with Crippen LogP contribution >= 0.6 is 11.6 Å². The predicted octanol–water partition coefficient (Wildman–Crippen LogP) is 2.01. The Morgan fingerprint density at radius 1 is 1.50 bits per heavy atom. The lowest BCUT2D eigenvalue weighted by Crippen LogP contribution is -1.98. The molecule has 4 heteroatoms. The van der Waals surface area contributed by atoms with Crippen LogP contribution in [0.25, 0.3) is 5.65 Å². The van der Waals surface area contributed by atoms with Crippen molar-refractivity contribution < 1.29 is 0 Å². The number of fused-ring (bicyclic) bond motifs is 1. The van der Waals surface area contributed by atoms with Gasteiger partial charge in [0.15, 0.2) is 0 Å². The maximum Gasteiger partial charge on any atom is 0.138 e. The van der Waals surface area contributed by atoms with Crippen molar-refractivity contribution >= 4 is 17.2 Å². The molecule has 2 aromatic rings. The van der Waals surface area contributed by atoms with Gasteiger partial charge in [-0.25, -0.2) is 4.98 Å². The zero-order valence-electron chi connectivity index (χ0n) is 8.00. The molecule has 2 aromatic heterocycles. The Bertz CT molecular complexity index is 462. The lowest BCUT2D eigenvalue weighted by molar-refractivity contribution is 1.02. The molecule has 0 aliphatic heterocycles. The predicted molar refractivity (Wildman–Crippen MR) is 57.5 cm³/mol. The van der Waals surface area contributed by atoms with Gasteiger partial charge >= 0.3 is 0 Å². The quantitative estimate of drug-likeness (QED) is 0.823. The van der Waals surface area contributed by atoms with Gasteiger partial charge in [-0.1, -0.05) is 24.6 Å². The topological polar surface area (TPSA) is 43.3 Å². The van der Waals surface area contributed by atoms with E-state index >= 15 is 0 Å². The van der Waals surface area contributed by atoms with Crippen LogP contribution in [0.4, 0.5) is 0 Å². The number of hydrogen-bond donors (Lipinski definition) is 1. The summed E-state index contributed by atoms with van der Waals surface area (Å²) in [6, 6.07) is 3.91. The first-order chi connectivity index (χ1) is 6.76. The van der Waals surface area contributed by atoms with Gasteiger partial charge in [0.1, 0.15) is 10.8 Å². The molecule has 0 fully saturated rings. The van der Waals surface area contributed by atoms with E-state index in [1.807, 2.05) is 29.7 Å². The van der Waals surface area contributed by atoms with Crippen molar-refractivity contribution in [3.63, 3.8) is 0 Å². The summed E-state index contributed by atoms with van der Waals surface area (Å²) in [5, 5.41) is 0.692. The highest BCUT2D eigenvalue weighted by Crippen LogP contribution is 2.19. The number of nitrogens with two attached hydrogens (primary N) is 1. The fourth-order valence-corrected chi connectivity index (χ4v) is 1.77. The molecule has 2 rings (SSSR count). The third kappa shape index (κ3) is 1.38. The Morgan fingerprint density at radius 2 is 2.29 bits per heavy atom. The molecule has 3 nitrogen and oxygen atoms in total. The fourth-order valence-electron chi connectivity index (χ4n) is 1.45. The molecule has 0 radical (unpaired) electrons. The number of pyridine rings is 1. The van der Waals surface area contributed by atoms with Gasteiger partial charge in [-0.2, -0.15) is 0 Å². The van der Waals surface area contributed by atoms with Crippen LogP contribution in [0, 0.1) is 0 Å². The Labute approximate surface area is 87.5 Å². The van der Waals surface area contributed by atoms with Gasteiger partial charge in [0.2, 0.25) is 0 Å². The van der Waals surface area contributed by atoms with E-state index in [4.69, 9.17) is 17.3 Å². The van der Waals surface area contributed by atoms with Crippen LogP contribution in [0.2, 0.25) is 5.15 Å². The van der Waals surface area contributed by atoms with Crippen molar-refractivity contribution in [2.75, 3.05) is 0 Å². The van der Waals surface area contributed by atoms with E-state index in [0.717, 1.165) is 23.3 Å². The first kappa shape index (κ1) is 9.49. The number of aryl methyl sites for hydroxylation is 1. The van der Waals surface area contributed by atoms with Gasteiger partial charge in [-0.3, -0.25) is 4.40 Å². The van der Waals surface area contributed by atoms with Gasteiger partial charge in [0.05, 0.1) is 5.69 Å². The van der Waals surface area contributed by atoms with E-state index in [0.29, 0.717) is 11.7 Å². The summed E-state index contributed by atoms with van der Waals surface area (Å²) >= 11 is 6.15. The molecule has 0 amide bonds. The molecule has 74 valence electrons. The fraction of sp³-hybridized carbons (Fsp3) is 0.300. The highest BCUT2D eigenvalue weighted by molar-refractivity contribution is 6.30. The SMILES string of the molecule is CCc1nc2ccc(CN)cn2c1Cl. The van der Waals surface area contributed by atoms with Gasteiger partial charge in [0, 0.05) is 12.7 Å². The number of imidazole rings is 1. The summed E-state index contributed by atoms with van der Waals surface area (Å²) < 4.78 is 1.88. The van der Waals surface area contributed by atoms with Crippen LogP contribution in [0.15, 0.2) is 18.3 Å². The summed E-state index contributed by atoms with van der Waals surface area (Å²) in [5.41, 5.74) is 8.42. The first-order valence-corrected chi connectivity index (χ1v) is 4.99. The van der Waals surface area contributed by atoms with Crippen molar-refractivity contribution in [3.8, 4) is 0 Å². The molecule has 2 N–H and O–H groups in total. The second-order valence-electron chi connectivity index (χ2n) is 3.17. The molecular formula is C10H12ClN3. The molecule has 0 aliphatic rings. The van der Waals surface area contributed by atoms with Crippen LogP contribution in [0.3, 0.4) is 0 Å². The molecule has 0 aromatic carbocycles. The molecule has 0 unspecified atom stereocenters. The largest absolute Gasteiger partial charge is 0.326 e. The molecule has 0 aliphatic carbocycles. The number of aromatic nitrogens is 2. The Morgan fingerprint density at radius 3 is 2.93 bits per heavy atom. The highest BCUT2D eigenvalue weighted by Gasteiger charge is 2.07. The van der Waals surface area contributed by atoms with Gasteiger partial charge in [0.25, 0.3) is 0 Å². The molecule has 0 bridgehead atoms. The summed E-state index contributed by atoms with van der Waals surface area (Å²) in [4.78, 5) is 4.40. The normalized spacial score (nSPS) is 11.1. The van der Waals surface area contributed by atoms with E-state index in [1.54, 1.807) is 0 Å². The van der Waals surface area contributed by atoms with E-state index in [1.165, 1.54) is 0 Å². The average Bonchev–Trinajstić information content (AvgIpc) is 2.55. The van der Waals surface area contributed by atoms with Gasteiger partial charge < -0.3 is 5.73 Å². The molecule has 2 heterocycles. The van der Waals surface area contributed by atoms with Crippen molar-refractivity contribution in [2.45, 2.75) is 19.9 Å². The maximum absolute atomic E-state index is 6.15. The Kier molecular flexibility index (Phi) is 2.44. The van der Waals surface area contributed by atoms with E-state index in [9.17, 15) is 0 Å². The van der Waals surface area contributed by atoms with Crippen LogP contribution in [-0.2, 0) is 13.0 Å². The molecule has 0 saturated carbocycles. The number of halogens is 1. The van der Waals surface area contributed by atoms with Gasteiger partial charge in [-0.15, -0.1) is 0 Å². The Hall–Kier alpha value is -1.06. The van der Waals surface area contributed by atoms with E-state index in [2.05, 4.69) is 4.98 Å². The van der Waals surface area contributed by atoms with Crippen LogP contribution < -0.4 is 5.73 Å². The standard InChI is InChI=1S/C10H12ClN3/c1-2-8-10(11)14-6-7(5-12)3-4-9(14)13-8/h3-4,6H,2,5,12H2,1H3. The second-order valence-corrected chi connectivity index (χ2v) is 3.53. The van der Waals surface area contributed by atoms with Gasteiger partial charge in [-0.05, 0) is 18.1 Å². The summed E-state index contributed by atoms with van der Waals surface area (Å²) in [6.45, 7) is 2.56. The third-order valence-corrected chi connectivity index (χ3v) is 2.66. The monoisotopic (exact) mass is 209 g/mol. The zero-order valence-corrected chi connectivity index (χ0v) is 8.75. The van der Waals surface area contributed by atoms with Crippen molar-refractivity contribution in [3.05, 3.63) is 34.7 Å². The van der Waals surface area contributed by atoms with Crippen molar-refractivity contribution in [1.82, 2.24) is 9.38 Å². The molecule has 14 heavy (non-hydrogen) atoms. The molecule has 0 atom stereocenters. The minimum absolute atomic E-state index is 0.520. The van der Waals surface area contributed by atoms with Crippen molar-refractivity contribution in [2.24, 2.45) is 5.73 Å². The van der Waals surface area contributed by atoms with Crippen molar-refractivity contribution in [1.29, 1.82) is 0 Å². The lowest BCUT2D eigenvalue weighted by atomic mass is 10.3. The number of hydrogen-bond acceptors (Lipinski definition) is 2. The second kappa shape index (κ2) is 3.59. The first-order valence-electron chi connectivity index (χ1n) is 4.61. The van der Waals surface area contributed by atoms with E-state index < -0.39 is 0 Å². The van der Waals surface area contributed by atoms with Crippen LogP contribution in [-0.4, -0.2) is 9.38 Å². The minimum Gasteiger partial charge on any atom is -0.326 e. The summed E-state index contributed by atoms with van der Waals surface area (Å²) in [7, 11) is 0. The smallest absolute Gasteiger partial charge is 0.138 e. The molecule has 0 spiro atoms. The minimum atomic E-state index is 0.520. The lowest BCUT2D eigenvalue weighted by Gasteiger charge is -1.98. The third-order valence-electron chi connectivity index (χ3n) is 2.26. The number of rotatable bonds is 2. The van der Waals surface area contributed by atoms with Crippen LogP contribution in [0.1, 0.15) is 18.2 Å². The van der Waals surface area contributed by atoms with Crippen LogP contribution in [0.5, 0.6) is 0 Å². The molecular weight excluding hydrogens is 198 g/mol. The Balaban J connectivity index is 2.68. The molecule has 0 saturated heterocycles. The maximum atomic E-state index is 6.15. The summed E-state index contributed by atoms with van der Waals surface area (Å²) in [6.07, 6.45) is 2.78. The number of nitrogens with zero attached hydrogens (tertiary/aromatic N) is 2. The average molecular weight is 210 g/mol. The van der Waals surface area contributed by atoms with E-state index in [-0.39, 0.29) is 0 Å². The zero-order chi connectivity index (χ0) is 10.1. The highest BCUT2D eigenvalue weighted by atomic mass is 35.5.